The molecule has 1 atom stereocenters. The molecular weight excluding hydrogens is 378 g/mol. The van der Waals surface area contributed by atoms with Crippen molar-refractivity contribution in [3.63, 3.8) is 0 Å². The minimum Gasteiger partial charge on any atom is -0.370 e. The van der Waals surface area contributed by atoms with Gasteiger partial charge in [-0.2, -0.15) is 10.2 Å². The molecule has 0 aliphatic carbocycles. The predicted octanol–water partition coefficient (Wildman–Crippen LogP) is 2.37. The third-order valence-electron chi connectivity index (χ3n) is 5.34. The molecule has 1 aliphatic heterocycles. The molecule has 8 heteroatoms. The number of aryl methyl sites for hydroxylation is 3. The number of nitrogens with one attached hydrogen (secondary N) is 1. The van der Waals surface area contributed by atoms with Gasteiger partial charge in [0, 0.05) is 44.6 Å². The maximum Gasteiger partial charge on any atom is 0.194 e. The van der Waals surface area contributed by atoms with E-state index in [0.29, 0.717) is 13.2 Å². The standard InChI is InChI=1S/C22H29N7O/c1-16-11-17(2)29(26-16)20-8-6-5-7-18(20)12-24-22(23-3)28-9-10-30-21(15-28)19-13-25-27(4)14-19/h5-8,11,13-14,21H,9-10,12,15H2,1-4H3,(H,23,24). The van der Waals surface area contributed by atoms with Crippen LogP contribution < -0.4 is 5.32 Å². The molecule has 0 saturated carbocycles. The number of para-hydroxylation sites is 1. The van der Waals surface area contributed by atoms with Gasteiger partial charge in [-0.1, -0.05) is 18.2 Å². The van der Waals surface area contributed by atoms with Gasteiger partial charge in [-0.15, -0.1) is 0 Å². The molecule has 0 spiro atoms. The number of hydrogen-bond acceptors (Lipinski definition) is 4. The molecule has 158 valence electrons. The van der Waals surface area contributed by atoms with Crippen LogP contribution in [0.25, 0.3) is 5.69 Å². The van der Waals surface area contributed by atoms with Crippen LogP contribution in [0.1, 0.15) is 28.6 Å². The van der Waals surface area contributed by atoms with E-state index in [9.17, 15) is 0 Å². The molecule has 0 radical (unpaired) electrons. The first kappa shape index (κ1) is 20.2. The van der Waals surface area contributed by atoms with Crippen molar-refractivity contribution in [2.45, 2.75) is 26.5 Å². The molecule has 1 aromatic carbocycles. The van der Waals surface area contributed by atoms with E-state index in [-0.39, 0.29) is 6.10 Å². The van der Waals surface area contributed by atoms with Gasteiger partial charge in [-0.3, -0.25) is 9.67 Å². The smallest absolute Gasteiger partial charge is 0.194 e. The first-order valence-corrected chi connectivity index (χ1v) is 10.2. The average molecular weight is 408 g/mol. The number of aliphatic imine (C=N–C) groups is 1. The van der Waals surface area contributed by atoms with E-state index >= 15 is 0 Å². The SMILES string of the molecule is CN=C(NCc1ccccc1-n1nc(C)cc1C)N1CCOC(c2cnn(C)c2)C1. The summed E-state index contributed by atoms with van der Waals surface area (Å²) in [6.07, 6.45) is 3.87. The van der Waals surface area contributed by atoms with Crippen molar-refractivity contribution in [2.75, 3.05) is 26.7 Å². The maximum atomic E-state index is 5.97. The summed E-state index contributed by atoms with van der Waals surface area (Å²) < 4.78 is 9.78. The van der Waals surface area contributed by atoms with Crippen LogP contribution in [-0.2, 0) is 18.3 Å². The zero-order chi connectivity index (χ0) is 21.1. The Morgan fingerprint density at radius 1 is 1.30 bits per heavy atom. The molecule has 1 unspecified atom stereocenters. The summed E-state index contributed by atoms with van der Waals surface area (Å²) in [5.74, 6) is 0.871. The molecule has 0 amide bonds. The highest BCUT2D eigenvalue weighted by Crippen LogP contribution is 2.22. The molecule has 2 aromatic heterocycles. The summed E-state index contributed by atoms with van der Waals surface area (Å²) in [5.41, 5.74) is 5.48. The van der Waals surface area contributed by atoms with Crippen molar-refractivity contribution in [3.8, 4) is 5.69 Å². The lowest BCUT2D eigenvalue weighted by Crippen LogP contribution is -2.48. The first-order chi connectivity index (χ1) is 14.5. The van der Waals surface area contributed by atoms with Gasteiger partial charge in [0.15, 0.2) is 5.96 Å². The van der Waals surface area contributed by atoms with E-state index in [1.54, 1.807) is 4.68 Å². The van der Waals surface area contributed by atoms with Crippen LogP contribution >= 0.6 is 0 Å². The number of benzene rings is 1. The second kappa shape index (κ2) is 8.71. The molecule has 1 aliphatic rings. The Labute approximate surface area is 177 Å². The number of guanidine groups is 1. The van der Waals surface area contributed by atoms with Crippen molar-refractivity contribution in [3.05, 3.63) is 65.2 Å². The topological polar surface area (TPSA) is 72.5 Å². The average Bonchev–Trinajstić information content (AvgIpc) is 3.33. The highest BCUT2D eigenvalue weighted by atomic mass is 16.5. The van der Waals surface area contributed by atoms with Crippen LogP contribution in [0.4, 0.5) is 0 Å². The number of nitrogens with zero attached hydrogens (tertiary/aromatic N) is 6. The normalized spacial score (nSPS) is 17.4. The van der Waals surface area contributed by atoms with E-state index in [1.165, 1.54) is 5.56 Å². The fraction of sp³-hybridized carbons (Fsp3) is 0.409. The Bertz CT molecular complexity index is 1040. The van der Waals surface area contributed by atoms with Crippen molar-refractivity contribution >= 4 is 5.96 Å². The molecule has 3 aromatic rings. The summed E-state index contributed by atoms with van der Waals surface area (Å²) in [4.78, 5) is 6.76. The third kappa shape index (κ3) is 4.23. The monoisotopic (exact) mass is 407 g/mol. The Hall–Kier alpha value is -3.13. The van der Waals surface area contributed by atoms with Crippen LogP contribution in [-0.4, -0.2) is 57.2 Å². The third-order valence-corrected chi connectivity index (χ3v) is 5.34. The lowest BCUT2D eigenvalue weighted by atomic mass is 10.1. The van der Waals surface area contributed by atoms with Gasteiger partial charge in [0.05, 0.1) is 30.7 Å². The predicted molar refractivity (Wildman–Crippen MR) is 117 cm³/mol. The molecule has 30 heavy (non-hydrogen) atoms. The number of aromatic nitrogens is 4. The summed E-state index contributed by atoms with van der Waals surface area (Å²) >= 11 is 0. The number of rotatable bonds is 4. The fourth-order valence-corrected chi connectivity index (χ4v) is 3.90. The van der Waals surface area contributed by atoms with Crippen molar-refractivity contribution < 1.29 is 4.74 Å². The second-order valence-corrected chi connectivity index (χ2v) is 7.62. The summed E-state index contributed by atoms with van der Waals surface area (Å²) in [6, 6.07) is 10.4. The quantitative estimate of drug-likeness (QED) is 0.531. The zero-order valence-corrected chi connectivity index (χ0v) is 18.0. The van der Waals surface area contributed by atoms with E-state index in [2.05, 4.69) is 56.6 Å². The molecule has 1 N–H and O–H groups in total. The van der Waals surface area contributed by atoms with Crippen LogP contribution in [0.3, 0.4) is 0 Å². The fourth-order valence-electron chi connectivity index (χ4n) is 3.90. The maximum absolute atomic E-state index is 5.97. The molecule has 4 rings (SSSR count). The minimum absolute atomic E-state index is 0.00650. The zero-order valence-electron chi connectivity index (χ0n) is 18.0. The van der Waals surface area contributed by atoms with Crippen LogP contribution in [0.15, 0.2) is 47.7 Å². The number of morpholine rings is 1. The summed E-state index contributed by atoms with van der Waals surface area (Å²) in [5, 5.41) is 12.4. The highest BCUT2D eigenvalue weighted by molar-refractivity contribution is 5.80. The molecular formula is C22H29N7O. The molecule has 1 fully saturated rings. The lowest BCUT2D eigenvalue weighted by Gasteiger charge is -2.34. The Morgan fingerprint density at radius 2 is 2.13 bits per heavy atom. The Kier molecular flexibility index (Phi) is 5.85. The minimum atomic E-state index is -0.00650. The van der Waals surface area contributed by atoms with E-state index < -0.39 is 0 Å². The van der Waals surface area contributed by atoms with Crippen molar-refractivity contribution in [1.82, 2.24) is 29.8 Å². The first-order valence-electron chi connectivity index (χ1n) is 10.2. The summed E-state index contributed by atoms with van der Waals surface area (Å²) in [6.45, 7) is 6.96. The summed E-state index contributed by atoms with van der Waals surface area (Å²) in [7, 11) is 3.74. The molecule has 8 nitrogen and oxygen atoms in total. The van der Waals surface area contributed by atoms with Gasteiger partial charge in [0.25, 0.3) is 0 Å². The van der Waals surface area contributed by atoms with Gasteiger partial charge in [0.1, 0.15) is 6.10 Å². The van der Waals surface area contributed by atoms with E-state index in [1.807, 2.05) is 44.2 Å². The van der Waals surface area contributed by atoms with Gasteiger partial charge < -0.3 is 15.0 Å². The molecule has 0 bridgehead atoms. The second-order valence-electron chi connectivity index (χ2n) is 7.62. The number of hydrogen-bond donors (Lipinski definition) is 1. The van der Waals surface area contributed by atoms with E-state index in [4.69, 9.17) is 4.74 Å². The van der Waals surface area contributed by atoms with Crippen molar-refractivity contribution in [1.29, 1.82) is 0 Å². The molecule has 1 saturated heterocycles. The lowest BCUT2D eigenvalue weighted by molar-refractivity contribution is -0.00805. The van der Waals surface area contributed by atoms with Crippen LogP contribution in [0, 0.1) is 13.8 Å². The van der Waals surface area contributed by atoms with Gasteiger partial charge in [0.2, 0.25) is 0 Å². The van der Waals surface area contributed by atoms with Crippen molar-refractivity contribution in [2.24, 2.45) is 12.0 Å². The molecule has 3 heterocycles. The Balaban J connectivity index is 1.47. The number of ether oxygens (including phenoxy) is 1. The van der Waals surface area contributed by atoms with Gasteiger partial charge in [-0.05, 0) is 31.5 Å². The van der Waals surface area contributed by atoms with Crippen LogP contribution in [0.2, 0.25) is 0 Å². The van der Waals surface area contributed by atoms with E-state index in [0.717, 1.165) is 41.7 Å². The highest BCUT2D eigenvalue weighted by Gasteiger charge is 2.25. The Morgan fingerprint density at radius 3 is 2.83 bits per heavy atom. The van der Waals surface area contributed by atoms with Crippen LogP contribution in [0.5, 0.6) is 0 Å². The largest absolute Gasteiger partial charge is 0.370 e. The van der Waals surface area contributed by atoms with Gasteiger partial charge >= 0.3 is 0 Å². The van der Waals surface area contributed by atoms with Gasteiger partial charge in [-0.25, -0.2) is 4.68 Å².